The first-order chi connectivity index (χ1) is 10.1. The standard InChI is InChI=1S/C16H18N2O2S/c1-11-4-3-5-12(2)16(11)18-15(20)9-17-14(19)8-13-6-7-21-10-13/h3-7,10H,8-9H2,1-2H3,(H,17,19)(H,18,20). The van der Waals surface area contributed by atoms with Crippen LogP contribution >= 0.6 is 11.3 Å². The molecule has 2 rings (SSSR count). The molecule has 0 saturated carbocycles. The Labute approximate surface area is 128 Å². The lowest BCUT2D eigenvalue weighted by molar-refractivity contribution is -0.123. The zero-order valence-corrected chi connectivity index (χ0v) is 12.9. The number of para-hydroxylation sites is 1. The molecule has 2 N–H and O–H groups in total. The van der Waals surface area contributed by atoms with E-state index in [9.17, 15) is 9.59 Å². The highest BCUT2D eigenvalue weighted by atomic mass is 32.1. The molecule has 4 nitrogen and oxygen atoms in total. The number of anilines is 1. The van der Waals surface area contributed by atoms with E-state index in [1.54, 1.807) is 11.3 Å². The summed E-state index contributed by atoms with van der Waals surface area (Å²) in [5.41, 5.74) is 3.79. The van der Waals surface area contributed by atoms with Crippen LogP contribution < -0.4 is 10.6 Å². The first-order valence-corrected chi connectivity index (χ1v) is 7.64. The summed E-state index contributed by atoms with van der Waals surface area (Å²) in [7, 11) is 0. The molecule has 0 aliphatic carbocycles. The molecule has 21 heavy (non-hydrogen) atoms. The van der Waals surface area contributed by atoms with Crippen LogP contribution in [0.4, 0.5) is 5.69 Å². The van der Waals surface area contributed by atoms with Crippen molar-refractivity contribution in [2.24, 2.45) is 0 Å². The van der Waals surface area contributed by atoms with Crippen LogP contribution in [0.2, 0.25) is 0 Å². The normalized spacial score (nSPS) is 10.2. The average molecular weight is 302 g/mol. The van der Waals surface area contributed by atoms with Crippen molar-refractivity contribution in [1.29, 1.82) is 0 Å². The smallest absolute Gasteiger partial charge is 0.243 e. The minimum absolute atomic E-state index is 0.0171. The molecule has 5 heteroatoms. The molecule has 1 heterocycles. The first-order valence-electron chi connectivity index (χ1n) is 6.70. The summed E-state index contributed by atoms with van der Waals surface area (Å²) in [6.45, 7) is 3.87. The number of nitrogens with one attached hydrogen (secondary N) is 2. The van der Waals surface area contributed by atoms with Gasteiger partial charge in [0.15, 0.2) is 0 Å². The number of aryl methyl sites for hydroxylation is 2. The van der Waals surface area contributed by atoms with Gasteiger partial charge in [0.05, 0.1) is 13.0 Å². The van der Waals surface area contributed by atoms with E-state index in [4.69, 9.17) is 0 Å². The number of carbonyl (C=O) groups excluding carboxylic acids is 2. The van der Waals surface area contributed by atoms with Crippen LogP contribution in [0.3, 0.4) is 0 Å². The summed E-state index contributed by atoms with van der Waals surface area (Å²) < 4.78 is 0. The Morgan fingerprint density at radius 2 is 1.81 bits per heavy atom. The van der Waals surface area contributed by atoms with E-state index in [0.717, 1.165) is 22.4 Å². The summed E-state index contributed by atoms with van der Waals surface area (Å²) in [5, 5.41) is 9.33. The van der Waals surface area contributed by atoms with Gasteiger partial charge in [-0.15, -0.1) is 0 Å². The molecule has 0 fully saturated rings. The van der Waals surface area contributed by atoms with Crippen LogP contribution in [0.5, 0.6) is 0 Å². The van der Waals surface area contributed by atoms with Gasteiger partial charge in [0, 0.05) is 5.69 Å². The maximum absolute atomic E-state index is 11.9. The van der Waals surface area contributed by atoms with E-state index < -0.39 is 0 Å². The zero-order valence-electron chi connectivity index (χ0n) is 12.1. The predicted molar refractivity (Wildman–Crippen MR) is 85.6 cm³/mol. The second-order valence-electron chi connectivity index (χ2n) is 4.90. The van der Waals surface area contributed by atoms with Crippen LogP contribution in [-0.2, 0) is 16.0 Å². The third-order valence-electron chi connectivity index (χ3n) is 3.14. The van der Waals surface area contributed by atoms with E-state index in [1.165, 1.54) is 0 Å². The second kappa shape index (κ2) is 7.04. The number of thiophene rings is 1. The molecule has 0 spiro atoms. The van der Waals surface area contributed by atoms with Crippen molar-refractivity contribution < 1.29 is 9.59 Å². The van der Waals surface area contributed by atoms with E-state index in [1.807, 2.05) is 48.9 Å². The van der Waals surface area contributed by atoms with E-state index >= 15 is 0 Å². The monoisotopic (exact) mass is 302 g/mol. The van der Waals surface area contributed by atoms with E-state index in [-0.39, 0.29) is 18.4 Å². The molecular formula is C16H18N2O2S. The number of hydrogen-bond acceptors (Lipinski definition) is 3. The van der Waals surface area contributed by atoms with E-state index in [0.29, 0.717) is 6.42 Å². The Morgan fingerprint density at radius 3 is 2.43 bits per heavy atom. The predicted octanol–water partition coefficient (Wildman–Crippen LogP) is 2.66. The van der Waals surface area contributed by atoms with Gasteiger partial charge in [-0.1, -0.05) is 18.2 Å². The van der Waals surface area contributed by atoms with Crippen LogP contribution in [0, 0.1) is 13.8 Å². The second-order valence-corrected chi connectivity index (χ2v) is 5.68. The molecule has 0 saturated heterocycles. The van der Waals surface area contributed by atoms with Crippen LogP contribution in [0.25, 0.3) is 0 Å². The van der Waals surface area contributed by atoms with Crippen molar-refractivity contribution in [3.8, 4) is 0 Å². The Morgan fingerprint density at radius 1 is 1.10 bits per heavy atom. The SMILES string of the molecule is Cc1cccc(C)c1NC(=O)CNC(=O)Cc1ccsc1. The Balaban J connectivity index is 1.83. The zero-order chi connectivity index (χ0) is 15.2. The molecule has 0 aliphatic heterocycles. The first kappa shape index (κ1) is 15.3. The van der Waals surface area contributed by atoms with Gasteiger partial charge < -0.3 is 10.6 Å². The van der Waals surface area contributed by atoms with E-state index in [2.05, 4.69) is 10.6 Å². The minimum Gasteiger partial charge on any atom is -0.347 e. The van der Waals surface area contributed by atoms with Gasteiger partial charge in [-0.25, -0.2) is 0 Å². The van der Waals surface area contributed by atoms with Gasteiger partial charge in [-0.3, -0.25) is 9.59 Å². The quantitative estimate of drug-likeness (QED) is 0.892. The highest BCUT2D eigenvalue weighted by Crippen LogP contribution is 2.18. The summed E-state index contributed by atoms with van der Waals surface area (Å²) in [4.78, 5) is 23.6. The van der Waals surface area contributed by atoms with Gasteiger partial charge in [-0.2, -0.15) is 11.3 Å². The van der Waals surface area contributed by atoms with Gasteiger partial charge in [-0.05, 0) is 47.4 Å². The number of benzene rings is 1. The molecule has 0 radical (unpaired) electrons. The molecule has 0 aliphatic rings. The van der Waals surface area contributed by atoms with Crippen LogP contribution in [-0.4, -0.2) is 18.4 Å². The molecule has 0 unspecified atom stereocenters. The molecule has 0 atom stereocenters. The molecule has 2 amide bonds. The van der Waals surface area contributed by atoms with Gasteiger partial charge in [0.2, 0.25) is 11.8 Å². The summed E-state index contributed by atoms with van der Waals surface area (Å²) >= 11 is 1.55. The van der Waals surface area contributed by atoms with Gasteiger partial charge in [0.25, 0.3) is 0 Å². The van der Waals surface area contributed by atoms with Crippen LogP contribution in [0.15, 0.2) is 35.0 Å². The Bertz CT molecular complexity index is 615. The number of rotatable bonds is 5. The van der Waals surface area contributed by atoms with Crippen molar-refractivity contribution >= 4 is 28.8 Å². The highest BCUT2D eigenvalue weighted by molar-refractivity contribution is 7.08. The van der Waals surface area contributed by atoms with Crippen molar-refractivity contribution in [2.45, 2.75) is 20.3 Å². The minimum atomic E-state index is -0.217. The maximum Gasteiger partial charge on any atom is 0.243 e. The Hall–Kier alpha value is -2.14. The van der Waals surface area contributed by atoms with Crippen molar-refractivity contribution in [1.82, 2.24) is 5.32 Å². The number of hydrogen-bond donors (Lipinski definition) is 2. The maximum atomic E-state index is 11.9. The molecule has 2 aromatic rings. The Kier molecular flexibility index (Phi) is 5.11. The fourth-order valence-electron chi connectivity index (χ4n) is 2.02. The summed E-state index contributed by atoms with van der Waals surface area (Å²) in [6.07, 6.45) is 0.306. The molecule has 0 bridgehead atoms. The third-order valence-corrected chi connectivity index (χ3v) is 3.87. The number of carbonyl (C=O) groups is 2. The molecule has 1 aromatic carbocycles. The third kappa shape index (κ3) is 4.43. The summed E-state index contributed by atoms with van der Waals surface area (Å²) in [6, 6.07) is 7.74. The lowest BCUT2D eigenvalue weighted by Crippen LogP contribution is -2.34. The molecular weight excluding hydrogens is 284 g/mol. The largest absolute Gasteiger partial charge is 0.347 e. The molecule has 110 valence electrons. The fourth-order valence-corrected chi connectivity index (χ4v) is 2.68. The topological polar surface area (TPSA) is 58.2 Å². The lowest BCUT2D eigenvalue weighted by atomic mass is 10.1. The molecule has 1 aromatic heterocycles. The average Bonchev–Trinajstić information content (AvgIpc) is 2.94. The van der Waals surface area contributed by atoms with Crippen molar-refractivity contribution in [3.63, 3.8) is 0 Å². The highest BCUT2D eigenvalue weighted by Gasteiger charge is 2.09. The number of amides is 2. The van der Waals surface area contributed by atoms with Crippen molar-refractivity contribution in [2.75, 3.05) is 11.9 Å². The van der Waals surface area contributed by atoms with Crippen LogP contribution in [0.1, 0.15) is 16.7 Å². The summed E-state index contributed by atoms with van der Waals surface area (Å²) in [5.74, 6) is -0.365. The lowest BCUT2D eigenvalue weighted by Gasteiger charge is -2.11. The van der Waals surface area contributed by atoms with Gasteiger partial charge in [0.1, 0.15) is 0 Å². The van der Waals surface area contributed by atoms with Gasteiger partial charge >= 0.3 is 0 Å². The van der Waals surface area contributed by atoms with Crippen molar-refractivity contribution in [3.05, 3.63) is 51.7 Å². The fraction of sp³-hybridized carbons (Fsp3) is 0.250.